The minimum atomic E-state index is -0.691. The van der Waals surface area contributed by atoms with E-state index < -0.39 is 16.6 Å². The zero-order chi connectivity index (χ0) is 15.6. The topological polar surface area (TPSA) is 72.2 Å². The van der Waals surface area contributed by atoms with E-state index in [9.17, 15) is 19.3 Å². The Kier molecular flexibility index (Phi) is 4.40. The number of anilines is 1. The van der Waals surface area contributed by atoms with Gasteiger partial charge in [0.2, 0.25) is 0 Å². The predicted octanol–water partition coefficient (Wildman–Crippen LogP) is 4.29. The standard InChI is InChI=1S/C13H7Cl2FN2O3/c14-8-2-1-3-10(16)12(8)17-13(19)7-4-5-11(18(20)21)9(15)6-7/h1-6H,(H,17,19). The van der Waals surface area contributed by atoms with Crippen molar-refractivity contribution >= 4 is 40.5 Å². The fourth-order valence-electron chi connectivity index (χ4n) is 1.60. The van der Waals surface area contributed by atoms with Crippen LogP contribution in [0.1, 0.15) is 10.4 Å². The molecule has 21 heavy (non-hydrogen) atoms. The summed E-state index contributed by atoms with van der Waals surface area (Å²) in [6.45, 7) is 0. The molecule has 0 radical (unpaired) electrons. The van der Waals surface area contributed by atoms with Gasteiger partial charge in [-0.25, -0.2) is 4.39 Å². The Hall–Kier alpha value is -2.18. The molecule has 5 nitrogen and oxygen atoms in total. The number of nitro benzene ring substituents is 1. The largest absolute Gasteiger partial charge is 0.318 e. The average Bonchev–Trinajstić information content (AvgIpc) is 2.42. The Bertz CT molecular complexity index is 717. The molecule has 0 aromatic heterocycles. The van der Waals surface area contributed by atoms with Crippen LogP contribution in [0.4, 0.5) is 15.8 Å². The molecule has 0 aliphatic rings. The van der Waals surface area contributed by atoms with Gasteiger partial charge in [0, 0.05) is 11.6 Å². The van der Waals surface area contributed by atoms with E-state index in [2.05, 4.69) is 5.32 Å². The highest BCUT2D eigenvalue weighted by Gasteiger charge is 2.17. The lowest BCUT2D eigenvalue weighted by Gasteiger charge is -2.08. The molecule has 2 aromatic carbocycles. The number of para-hydroxylation sites is 1. The second-order valence-corrected chi connectivity index (χ2v) is 4.79. The second-order valence-electron chi connectivity index (χ2n) is 3.97. The van der Waals surface area contributed by atoms with Gasteiger partial charge < -0.3 is 5.32 Å². The van der Waals surface area contributed by atoms with Crippen molar-refractivity contribution < 1.29 is 14.1 Å². The summed E-state index contributed by atoms with van der Waals surface area (Å²) in [5.74, 6) is -1.37. The fourth-order valence-corrected chi connectivity index (χ4v) is 2.06. The van der Waals surface area contributed by atoms with Gasteiger partial charge in [0.05, 0.1) is 15.6 Å². The zero-order valence-corrected chi connectivity index (χ0v) is 11.8. The van der Waals surface area contributed by atoms with E-state index in [1.165, 1.54) is 18.2 Å². The van der Waals surface area contributed by atoms with Gasteiger partial charge in [-0.15, -0.1) is 0 Å². The summed E-state index contributed by atoms with van der Waals surface area (Å²) in [7, 11) is 0. The molecule has 0 spiro atoms. The van der Waals surface area contributed by atoms with Gasteiger partial charge >= 0.3 is 0 Å². The SMILES string of the molecule is O=C(Nc1c(F)cccc1Cl)c1ccc([N+](=O)[O-])c(Cl)c1. The molecule has 0 aliphatic heterocycles. The molecular formula is C13H7Cl2FN2O3. The predicted molar refractivity (Wildman–Crippen MR) is 77.5 cm³/mol. The minimum Gasteiger partial charge on any atom is -0.318 e. The number of nitrogens with one attached hydrogen (secondary N) is 1. The molecule has 108 valence electrons. The normalized spacial score (nSPS) is 10.2. The third-order valence-electron chi connectivity index (χ3n) is 2.61. The first kappa shape index (κ1) is 15.2. The maximum atomic E-state index is 13.6. The highest BCUT2D eigenvalue weighted by molar-refractivity contribution is 6.34. The molecule has 0 aliphatic carbocycles. The summed E-state index contributed by atoms with van der Waals surface area (Å²) < 4.78 is 13.6. The van der Waals surface area contributed by atoms with Gasteiger partial charge in [0.25, 0.3) is 11.6 Å². The molecule has 0 fully saturated rings. The maximum absolute atomic E-state index is 13.6. The number of halogens is 3. The summed E-state index contributed by atoms with van der Waals surface area (Å²) in [5.41, 5.74) is -0.444. The van der Waals surface area contributed by atoms with Gasteiger partial charge in [0.15, 0.2) is 0 Å². The van der Waals surface area contributed by atoms with Gasteiger partial charge in [-0.1, -0.05) is 29.3 Å². The number of rotatable bonds is 3. The molecule has 0 bridgehead atoms. The smallest absolute Gasteiger partial charge is 0.287 e. The molecule has 2 aromatic rings. The Balaban J connectivity index is 2.29. The first-order valence-electron chi connectivity index (χ1n) is 5.59. The van der Waals surface area contributed by atoms with Gasteiger partial charge in [-0.2, -0.15) is 0 Å². The summed E-state index contributed by atoms with van der Waals surface area (Å²) in [6, 6.07) is 7.40. The van der Waals surface area contributed by atoms with Gasteiger partial charge in [0.1, 0.15) is 10.8 Å². The van der Waals surface area contributed by atoms with E-state index in [1.54, 1.807) is 0 Å². The summed E-state index contributed by atoms with van der Waals surface area (Å²) in [6.07, 6.45) is 0. The fraction of sp³-hybridized carbons (Fsp3) is 0. The number of carbonyl (C=O) groups excluding carboxylic acids is 1. The Labute approximate surface area is 128 Å². The summed E-state index contributed by atoms with van der Waals surface area (Å²) in [5, 5.41) is 12.8. The number of nitro groups is 1. The Morgan fingerprint density at radius 3 is 2.48 bits per heavy atom. The van der Waals surface area contributed by atoms with Crippen molar-refractivity contribution in [1.82, 2.24) is 0 Å². The van der Waals surface area contributed by atoms with Crippen LogP contribution in [-0.4, -0.2) is 10.8 Å². The van der Waals surface area contributed by atoms with Crippen molar-refractivity contribution in [3.63, 3.8) is 0 Å². The Morgan fingerprint density at radius 2 is 1.90 bits per heavy atom. The van der Waals surface area contributed by atoms with Crippen molar-refractivity contribution in [2.75, 3.05) is 5.32 Å². The van der Waals surface area contributed by atoms with Crippen LogP contribution in [0.15, 0.2) is 36.4 Å². The third kappa shape index (κ3) is 3.29. The highest BCUT2D eigenvalue weighted by atomic mass is 35.5. The van der Waals surface area contributed by atoms with Crippen molar-refractivity contribution in [2.24, 2.45) is 0 Å². The van der Waals surface area contributed by atoms with Gasteiger partial charge in [-0.3, -0.25) is 14.9 Å². The minimum absolute atomic E-state index is 0.0383. The van der Waals surface area contributed by atoms with E-state index in [4.69, 9.17) is 23.2 Å². The lowest BCUT2D eigenvalue weighted by molar-refractivity contribution is -0.384. The monoisotopic (exact) mass is 328 g/mol. The van der Waals surface area contributed by atoms with E-state index in [-0.39, 0.29) is 27.0 Å². The van der Waals surface area contributed by atoms with Crippen LogP contribution in [0.2, 0.25) is 10.0 Å². The molecular weight excluding hydrogens is 322 g/mol. The highest BCUT2D eigenvalue weighted by Crippen LogP contribution is 2.27. The molecule has 1 amide bonds. The number of amides is 1. The lowest BCUT2D eigenvalue weighted by atomic mass is 10.2. The van der Waals surface area contributed by atoms with E-state index in [0.717, 1.165) is 18.2 Å². The van der Waals surface area contributed by atoms with Gasteiger partial charge in [-0.05, 0) is 24.3 Å². The van der Waals surface area contributed by atoms with Crippen molar-refractivity contribution in [1.29, 1.82) is 0 Å². The maximum Gasteiger partial charge on any atom is 0.287 e. The molecule has 1 N–H and O–H groups in total. The van der Waals surface area contributed by atoms with Crippen LogP contribution < -0.4 is 5.32 Å². The van der Waals surface area contributed by atoms with E-state index >= 15 is 0 Å². The van der Waals surface area contributed by atoms with Crippen LogP contribution in [-0.2, 0) is 0 Å². The number of nitrogens with zero attached hydrogens (tertiary/aromatic N) is 1. The van der Waals surface area contributed by atoms with Crippen molar-refractivity contribution in [3.05, 3.63) is 67.9 Å². The molecule has 2 rings (SSSR count). The first-order chi connectivity index (χ1) is 9.90. The third-order valence-corrected chi connectivity index (χ3v) is 3.23. The van der Waals surface area contributed by atoms with Crippen LogP contribution in [0, 0.1) is 15.9 Å². The van der Waals surface area contributed by atoms with Crippen molar-refractivity contribution in [3.8, 4) is 0 Å². The molecule has 0 atom stereocenters. The quantitative estimate of drug-likeness (QED) is 0.674. The Morgan fingerprint density at radius 1 is 1.19 bits per heavy atom. The van der Waals surface area contributed by atoms with Crippen LogP contribution in [0.3, 0.4) is 0 Å². The number of benzene rings is 2. The van der Waals surface area contributed by atoms with E-state index in [1.807, 2.05) is 0 Å². The number of hydrogen-bond acceptors (Lipinski definition) is 3. The average molecular weight is 329 g/mol. The van der Waals surface area contributed by atoms with E-state index in [0.29, 0.717) is 0 Å². The molecule has 0 saturated carbocycles. The lowest BCUT2D eigenvalue weighted by Crippen LogP contribution is -2.13. The summed E-state index contributed by atoms with van der Waals surface area (Å²) >= 11 is 11.5. The molecule has 8 heteroatoms. The second kappa shape index (κ2) is 6.07. The van der Waals surface area contributed by atoms with Crippen LogP contribution in [0.25, 0.3) is 0 Å². The number of hydrogen-bond donors (Lipinski definition) is 1. The molecule has 0 saturated heterocycles. The van der Waals surface area contributed by atoms with Crippen LogP contribution in [0.5, 0.6) is 0 Å². The van der Waals surface area contributed by atoms with Crippen molar-refractivity contribution in [2.45, 2.75) is 0 Å². The zero-order valence-electron chi connectivity index (χ0n) is 10.3. The summed E-state index contributed by atoms with van der Waals surface area (Å²) in [4.78, 5) is 22.0. The molecule has 0 unspecified atom stereocenters. The number of carbonyl (C=O) groups is 1. The van der Waals surface area contributed by atoms with Crippen LogP contribution >= 0.6 is 23.2 Å². The first-order valence-corrected chi connectivity index (χ1v) is 6.35. The molecule has 0 heterocycles.